The molecule has 2 rings (SSSR count). The van der Waals surface area contributed by atoms with Gasteiger partial charge in [-0.15, -0.1) is 10.2 Å². The molecule has 0 saturated heterocycles. The molecule has 0 radical (unpaired) electrons. The van der Waals surface area contributed by atoms with Crippen LogP contribution in [-0.4, -0.2) is 56.1 Å². The van der Waals surface area contributed by atoms with Crippen LogP contribution in [0.3, 0.4) is 0 Å². The molecule has 9 nitrogen and oxygen atoms in total. The predicted molar refractivity (Wildman–Crippen MR) is 84.3 cm³/mol. The zero-order valence-corrected chi connectivity index (χ0v) is 15.0. The van der Waals surface area contributed by atoms with Gasteiger partial charge >= 0.3 is 12.3 Å². The largest absolute Gasteiger partial charge is 0.451 e. The summed E-state index contributed by atoms with van der Waals surface area (Å²) in [5.74, 6) is -1.61. The van der Waals surface area contributed by atoms with E-state index in [-0.39, 0.29) is 31.9 Å². The second-order valence-electron chi connectivity index (χ2n) is 7.00. The molecule has 0 aromatic carbocycles. The van der Waals surface area contributed by atoms with Crippen molar-refractivity contribution in [2.75, 3.05) is 6.54 Å². The molecule has 150 valence electrons. The number of halogens is 3. The Morgan fingerprint density at radius 3 is 2.48 bits per heavy atom. The summed E-state index contributed by atoms with van der Waals surface area (Å²) in [7, 11) is 0. The quantitative estimate of drug-likeness (QED) is 0.771. The first kappa shape index (κ1) is 20.6. The zero-order chi connectivity index (χ0) is 20.4. The van der Waals surface area contributed by atoms with Crippen LogP contribution in [0, 0.1) is 0 Å². The number of hydrogen-bond donors (Lipinski definition) is 1. The van der Waals surface area contributed by atoms with Crippen molar-refractivity contribution in [1.29, 1.82) is 0 Å². The summed E-state index contributed by atoms with van der Waals surface area (Å²) in [5, 5.41) is 8.89. The van der Waals surface area contributed by atoms with Gasteiger partial charge in [-0.2, -0.15) is 13.2 Å². The second kappa shape index (κ2) is 7.53. The highest BCUT2D eigenvalue weighted by molar-refractivity contribution is 5.83. The molecule has 1 aliphatic heterocycles. The van der Waals surface area contributed by atoms with E-state index in [1.807, 2.05) is 0 Å². The van der Waals surface area contributed by atoms with Crippen molar-refractivity contribution in [3.05, 3.63) is 11.6 Å². The maximum atomic E-state index is 12.8. The minimum Gasteiger partial charge on any atom is -0.444 e. The van der Waals surface area contributed by atoms with Crippen LogP contribution in [0.5, 0.6) is 0 Å². The van der Waals surface area contributed by atoms with Crippen LogP contribution in [0.1, 0.15) is 38.8 Å². The molecule has 1 unspecified atom stereocenters. The topological polar surface area (TPSA) is 106 Å². The molecule has 1 aliphatic rings. The molecule has 0 spiro atoms. The summed E-state index contributed by atoms with van der Waals surface area (Å²) >= 11 is 0. The van der Waals surface area contributed by atoms with Gasteiger partial charge in [0.2, 0.25) is 11.7 Å². The van der Waals surface area contributed by atoms with E-state index in [1.165, 1.54) is 4.90 Å². The van der Waals surface area contributed by atoms with Gasteiger partial charge in [0.25, 0.3) is 0 Å². The molecule has 0 saturated carbocycles. The fourth-order valence-electron chi connectivity index (χ4n) is 2.49. The van der Waals surface area contributed by atoms with Crippen LogP contribution < -0.4 is 5.32 Å². The van der Waals surface area contributed by atoms with E-state index in [9.17, 15) is 27.6 Å². The molecule has 0 bridgehead atoms. The van der Waals surface area contributed by atoms with Crippen LogP contribution in [0.25, 0.3) is 0 Å². The molecular formula is C15H20F3N5O4. The van der Waals surface area contributed by atoms with Gasteiger partial charge in [0.15, 0.2) is 5.82 Å². The second-order valence-corrected chi connectivity index (χ2v) is 7.00. The minimum atomic E-state index is -4.63. The average Bonchev–Trinajstić information content (AvgIpc) is 2.95. The lowest BCUT2D eigenvalue weighted by Gasteiger charge is -2.29. The number of amides is 2. The number of hydrogen-bond acceptors (Lipinski definition) is 6. The maximum Gasteiger partial charge on any atom is 0.451 e. The highest BCUT2D eigenvalue weighted by Crippen LogP contribution is 2.29. The molecule has 1 atom stereocenters. The molecular weight excluding hydrogens is 371 g/mol. The van der Waals surface area contributed by atoms with Crippen molar-refractivity contribution in [3.63, 3.8) is 0 Å². The minimum absolute atomic E-state index is 0.00433. The number of carbonyl (C=O) groups is 3. The van der Waals surface area contributed by atoms with Crippen LogP contribution in [-0.2, 0) is 33.6 Å². The van der Waals surface area contributed by atoms with Gasteiger partial charge in [-0.25, -0.2) is 4.79 Å². The number of carbonyl (C=O) groups excluding carboxylic acids is 3. The van der Waals surface area contributed by atoms with Crippen molar-refractivity contribution in [2.24, 2.45) is 0 Å². The molecule has 1 N–H and O–H groups in total. The Hall–Kier alpha value is -2.66. The SMILES string of the molecule is CC(C)(C)OC(=O)NC(C=O)CC(=O)N1CCn2c(nnc2C(F)(F)F)C1. The number of alkyl halides is 3. The van der Waals surface area contributed by atoms with Gasteiger partial charge in [-0.05, 0) is 20.8 Å². The average molecular weight is 391 g/mol. The summed E-state index contributed by atoms with van der Waals surface area (Å²) in [6, 6.07) is -1.11. The van der Waals surface area contributed by atoms with Crippen molar-refractivity contribution >= 4 is 18.3 Å². The van der Waals surface area contributed by atoms with Crippen molar-refractivity contribution < 1.29 is 32.3 Å². The Morgan fingerprint density at radius 1 is 1.26 bits per heavy atom. The van der Waals surface area contributed by atoms with Gasteiger partial charge in [0.05, 0.1) is 19.0 Å². The van der Waals surface area contributed by atoms with Gasteiger partial charge in [-0.1, -0.05) is 0 Å². The molecule has 1 aromatic rings. The first-order valence-corrected chi connectivity index (χ1v) is 8.12. The maximum absolute atomic E-state index is 12.8. The van der Waals surface area contributed by atoms with Crippen molar-refractivity contribution in [2.45, 2.75) is 58.1 Å². The first-order chi connectivity index (χ1) is 12.4. The fourth-order valence-corrected chi connectivity index (χ4v) is 2.49. The number of aldehydes is 1. The number of nitrogens with one attached hydrogen (secondary N) is 1. The number of rotatable bonds is 4. The number of nitrogens with zero attached hydrogens (tertiary/aromatic N) is 4. The monoisotopic (exact) mass is 391 g/mol. The Kier molecular flexibility index (Phi) is 5.76. The number of alkyl carbamates (subject to hydrolysis) is 1. The van der Waals surface area contributed by atoms with E-state index in [0.29, 0.717) is 6.29 Å². The van der Waals surface area contributed by atoms with E-state index in [1.54, 1.807) is 20.8 Å². The third kappa shape index (κ3) is 5.41. The third-order valence-corrected chi connectivity index (χ3v) is 3.62. The molecule has 0 fully saturated rings. The van der Waals surface area contributed by atoms with Gasteiger partial charge in [0.1, 0.15) is 11.9 Å². The summed E-state index contributed by atoms with van der Waals surface area (Å²) in [6.45, 7) is 4.66. The molecule has 2 heterocycles. The van der Waals surface area contributed by atoms with E-state index in [4.69, 9.17) is 4.74 Å². The highest BCUT2D eigenvalue weighted by atomic mass is 19.4. The lowest BCUT2D eigenvalue weighted by atomic mass is 10.2. The molecule has 12 heteroatoms. The summed E-state index contributed by atoms with van der Waals surface area (Å²) in [6.07, 6.45) is -5.42. The van der Waals surface area contributed by atoms with Gasteiger partial charge in [-0.3, -0.25) is 4.79 Å². The Balaban J connectivity index is 1.97. The van der Waals surface area contributed by atoms with Gasteiger partial charge in [0, 0.05) is 13.1 Å². The zero-order valence-electron chi connectivity index (χ0n) is 15.0. The number of aromatic nitrogens is 3. The number of ether oxygens (including phenoxy) is 1. The van der Waals surface area contributed by atoms with Crippen LogP contribution in [0.4, 0.5) is 18.0 Å². The highest BCUT2D eigenvalue weighted by Gasteiger charge is 2.40. The van der Waals surface area contributed by atoms with Crippen LogP contribution in [0.15, 0.2) is 0 Å². The molecule has 0 aliphatic carbocycles. The van der Waals surface area contributed by atoms with Crippen molar-refractivity contribution in [1.82, 2.24) is 25.0 Å². The molecule has 1 aromatic heterocycles. The number of fused-ring (bicyclic) bond motifs is 1. The summed E-state index contributed by atoms with van der Waals surface area (Å²) < 4.78 is 44.4. The summed E-state index contributed by atoms with van der Waals surface area (Å²) in [5.41, 5.74) is -0.769. The van der Waals surface area contributed by atoms with Crippen LogP contribution >= 0.6 is 0 Å². The normalized spacial score (nSPS) is 15.7. The first-order valence-electron chi connectivity index (χ1n) is 8.12. The van der Waals surface area contributed by atoms with E-state index in [2.05, 4.69) is 15.5 Å². The van der Waals surface area contributed by atoms with Gasteiger partial charge < -0.3 is 24.3 Å². The third-order valence-electron chi connectivity index (χ3n) is 3.62. The van der Waals surface area contributed by atoms with E-state index < -0.39 is 35.6 Å². The smallest absolute Gasteiger partial charge is 0.444 e. The summed E-state index contributed by atoms with van der Waals surface area (Å²) in [4.78, 5) is 36.4. The van der Waals surface area contributed by atoms with E-state index >= 15 is 0 Å². The Bertz CT molecular complexity index is 726. The van der Waals surface area contributed by atoms with Crippen molar-refractivity contribution in [3.8, 4) is 0 Å². The molecule has 2 amide bonds. The van der Waals surface area contributed by atoms with E-state index in [0.717, 1.165) is 4.57 Å². The lowest BCUT2D eigenvalue weighted by Crippen LogP contribution is -2.45. The lowest BCUT2D eigenvalue weighted by molar-refractivity contribution is -0.148. The fraction of sp³-hybridized carbons (Fsp3) is 0.667. The molecule has 27 heavy (non-hydrogen) atoms. The standard InChI is InChI=1S/C15H20F3N5O4/c1-14(2,3)27-13(26)19-9(8-24)6-11(25)22-4-5-23-10(7-22)20-21-12(23)15(16,17)18/h8-9H,4-7H2,1-3H3,(H,19,26). The Morgan fingerprint density at radius 2 is 1.93 bits per heavy atom. The van der Waals surface area contributed by atoms with Crippen LogP contribution in [0.2, 0.25) is 0 Å². The Labute approximate surface area is 152 Å². The predicted octanol–water partition coefficient (Wildman–Crippen LogP) is 1.12.